The largest absolute Gasteiger partial charge is 0.359 e. The smallest absolute Gasteiger partial charge is 0.246 e. The van der Waals surface area contributed by atoms with Crippen LogP contribution in [0.3, 0.4) is 0 Å². The Labute approximate surface area is 134 Å². The zero-order chi connectivity index (χ0) is 16.2. The van der Waals surface area contributed by atoms with Gasteiger partial charge < -0.3 is 16.0 Å². The number of rotatable bonds is 5. The van der Waals surface area contributed by atoms with Crippen LogP contribution in [0.2, 0.25) is 0 Å². The van der Waals surface area contributed by atoms with Gasteiger partial charge in [-0.25, -0.2) is 0 Å². The summed E-state index contributed by atoms with van der Waals surface area (Å²) in [5, 5.41) is 2.57. The maximum atomic E-state index is 12.6. The van der Waals surface area contributed by atoms with Crippen molar-refractivity contribution in [3.8, 4) is 0 Å². The second-order valence-corrected chi connectivity index (χ2v) is 6.33. The number of hydrogen-bond acceptors (Lipinski definition) is 3. The van der Waals surface area contributed by atoms with Gasteiger partial charge in [0.25, 0.3) is 0 Å². The van der Waals surface area contributed by atoms with E-state index in [0.717, 1.165) is 10.0 Å². The molecule has 0 aliphatic heterocycles. The summed E-state index contributed by atoms with van der Waals surface area (Å²) in [4.78, 5) is 25.6. The SMILES string of the molecule is CNC(=O)C(C)CN(C)C(=O)C(C)(N)c1ccc(Br)cc1. The Morgan fingerprint density at radius 2 is 1.90 bits per heavy atom. The quantitative estimate of drug-likeness (QED) is 0.839. The highest BCUT2D eigenvalue weighted by atomic mass is 79.9. The average Bonchev–Trinajstić information content (AvgIpc) is 2.45. The molecule has 1 aromatic carbocycles. The van der Waals surface area contributed by atoms with Crippen molar-refractivity contribution in [2.75, 3.05) is 20.6 Å². The summed E-state index contributed by atoms with van der Waals surface area (Å²) in [5.41, 5.74) is 5.81. The summed E-state index contributed by atoms with van der Waals surface area (Å²) in [6.07, 6.45) is 0. The lowest BCUT2D eigenvalue weighted by molar-refractivity contribution is -0.136. The molecule has 0 radical (unpaired) electrons. The second-order valence-electron chi connectivity index (χ2n) is 5.41. The normalized spacial score (nSPS) is 15.0. The Morgan fingerprint density at radius 1 is 1.38 bits per heavy atom. The molecule has 116 valence electrons. The second kappa shape index (κ2) is 7.04. The van der Waals surface area contributed by atoms with E-state index in [1.165, 1.54) is 4.90 Å². The minimum Gasteiger partial charge on any atom is -0.359 e. The Balaban J connectivity index is 2.85. The molecule has 0 aliphatic carbocycles. The van der Waals surface area contributed by atoms with E-state index >= 15 is 0 Å². The number of nitrogens with two attached hydrogens (primary N) is 1. The van der Waals surface area contributed by atoms with Gasteiger partial charge in [0.1, 0.15) is 5.54 Å². The molecule has 5 nitrogen and oxygen atoms in total. The number of carbonyl (C=O) groups excluding carboxylic acids is 2. The fraction of sp³-hybridized carbons (Fsp3) is 0.467. The molecule has 3 N–H and O–H groups in total. The van der Waals surface area contributed by atoms with Crippen LogP contribution < -0.4 is 11.1 Å². The Hall–Kier alpha value is -1.40. The molecule has 0 fully saturated rings. The lowest BCUT2D eigenvalue weighted by Crippen LogP contribution is -2.51. The molecule has 0 aliphatic rings. The third kappa shape index (κ3) is 4.28. The van der Waals surface area contributed by atoms with Gasteiger partial charge >= 0.3 is 0 Å². The highest BCUT2D eigenvalue weighted by molar-refractivity contribution is 9.10. The van der Waals surface area contributed by atoms with Crippen molar-refractivity contribution >= 4 is 27.7 Å². The molecule has 0 aromatic heterocycles. The fourth-order valence-electron chi connectivity index (χ4n) is 2.14. The fourth-order valence-corrected chi connectivity index (χ4v) is 2.40. The molecule has 2 unspecified atom stereocenters. The first kappa shape index (κ1) is 17.7. The van der Waals surface area contributed by atoms with Gasteiger partial charge in [-0.15, -0.1) is 0 Å². The van der Waals surface area contributed by atoms with Crippen LogP contribution in [-0.4, -0.2) is 37.4 Å². The lowest BCUT2D eigenvalue weighted by Gasteiger charge is -2.31. The van der Waals surface area contributed by atoms with Gasteiger partial charge in [-0.3, -0.25) is 9.59 Å². The summed E-state index contributed by atoms with van der Waals surface area (Å²) in [7, 11) is 3.24. The molecule has 2 atom stereocenters. The first-order chi connectivity index (χ1) is 9.70. The third-order valence-electron chi connectivity index (χ3n) is 3.48. The standard InChI is InChI=1S/C15H22BrN3O2/c1-10(13(20)18-3)9-19(4)14(21)15(2,17)11-5-7-12(16)8-6-11/h5-8,10H,9,17H2,1-4H3,(H,18,20). The van der Waals surface area contributed by atoms with Crippen molar-refractivity contribution in [2.24, 2.45) is 11.7 Å². The van der Waals surface area contributed by atoms with Crippen molar-refractivity contribution in [3.63, 3.8) is 0 Å². The van der Waals surface area contributed by atoms with Gasteiger partial charge in [0.15, 0.2) is 0 Å². The number of amides is 2. The van der Waals surface area contributed by atoms with E-state index in [-0.39, 0.29) is 17.7 Å². The number of nitrogens with one attached hydrogen (secondary N) is 1. The summed E-state index contributed by atoms with van der Waals surface area (Å²) >= 11 is 3.35. The zero-order valence-corrected chi connectivity index (χ0v) is 14.4. The minimum absolute atomic E-state index is 0.1000. The molecule has 0 heterocycles. The molecular formula is C15H22BrN3O2. The zero-order valence-electron chi connectivity index (χ0n) is 12.8. The van der Waals surface area contributed by atoms with Crippen molar-refractivity contribution in [1.82, 2.24) is 10.2 Å². The van der Waals surface area contributed by atoms with Crippen LogP contribution in [-0.2, 0) is 15.1 Å². The van der Waals surface area contributed by atoms with Gasteiger partial charge in [-0.05, 0) is 24.6 Å². The van der Waals surface area contributed by atoms with Crippen LogP contribution in [0.1, 0.15) is 19.4 Å². The van der Waals surface area contributed by atoms with E-state index < -0.39 is 5.54 Å². The third-order valence-corrected chi connectivity index (χ3v) is 4.01. The number of carbonyl (C=O) groups is 2. The molecule has 6 heteroatoms. The Kier molecular flexibility index (Phi) is 5.92. The first-order valence-electron chi connectivity index (χ1n) is 6.72. The van der Waals surface area contributed by atoms with Crippen LogP contribution in [0.15, 0.2) is 28.7 Å². The number of nitrogens with zero attached hydrogens (tertiary/aromatic N) is 1. The number of likely N-dealkylation sites (N-methyl/N-ethyl adjacent to an activating group) is 1. The minimum atomic E-state index is -1.13. The summed E-state index contributed by atoms with van der Waals surface area (Å²) in [6.45, 7) is 3.78. The van der Waals surface area contributed by atoms with E-state index in [9.17, 15) is 9.59 Å². The predicted molar refractivity (Wildman–Crippen MR) is 86.5 cm³/mol. The number of benzene rings is 1. The highest BCUT2D eigenvalue weighted by Gasteiger charge is 2.34. The summed E-state index contributed by atoms with van der Waals surface area (Å²) in [6, 6.07) is 7.33. The van der Waals surface area contributed by atoms with Crippen LogP contribution >= 0.6 is 15.9 Å². The van der Waals surface area contributed by atoms with Crippen LogP contribution in [0.5, 0.6) is 0 Å². The van der Waals surface area contributed by atoms with Gasteiger partial charge in [0, 0.05) is 25.1 Å². The van der Waals surface area contributed by atoms with Crippen LogP contribution in [0, 0.1) is 5.92 Å². The van der Waals surface area contributed by atoms with E-state index in [0.29, 0.717) is 6.54 Å². The van der Waals surface area contributed by atoms with Gasteiger partial charge in [-0.1, -0.05) is 35.0 Å². The molecule has 0 bridgehead atoms. The first-order valence-corrected chi connectivity index (χ1v) is 7.51. The molecule has 0 saturated carbocycles. The monoisotopic (exact) mass is 355 g/mol. The van der Waals surface area contributed by atoms with E-state index in [1.807, 2.05) is 24.3 Å². The van der Waals surface area contributed by atoms with Crippen molar-refractivity contribution in [3.05, 3.63) is 34.3 Å². The van der Waals surface area contributed by atoms with Crippen LogP contribution in [0.4, 0.5) is 0 Å². The Bertz CT molecular complexity index is 514. The molecular weight excluding hydrogens is 334 g/mol. The summed E-state index contributed by atoms with van der Waals surface area (Å²) < 4.78 is 0.927. The maximum absolute atomic E-state index is 12.6. The number of halogens is 1. The lowest BCUT2D eigenvalue weighted by atomic mass is 9.91. The van der Waals surface area contributed by atoms with Crippen molar-refractivity contribution in [1.29, 1.82) is 0 Å². The topological polar surface area (TPSA) is 75.4 Å². The van der Waals surface area contributed by atoms with E-state index in [2.05, 4.69) is 21.2 Å². The molecule has 1 aromatic rings. The summed E-state index contributed by atoms with van der Waals surface area (Å²) in [5.74, 6) is -0.609. The highest BCUT2D eigenvalue weighted by Crippen LogP contribution is 2.22. The van der Waals surface area contributed by atoms with E-state index in [1.54, 1.807) is 27.9 Å². The molecule has 0 saturated heterocycles. The molecule has 0 spiro atoms. The maximum Gasteiger partial charge on any atom is 0.246 e. The van der Waals surface area contributed by atoms with E-state index in [4.69, 9.17) is 5.73 Å². The number of hydrogen-bond donors (Lipinski definition) is 2. The predicted octanol–water partition coefficient (Wildman–Crippen LogP) is 1.46. The van der Waals surface area contributed by atoms with Gasteiger partial charge in [0.2, 0.25) is 11.8 Å². The van der Waals surface area contributed by atoms with Gasteiger partial charge in [0.05, 0.1) is 5.92 Å². The van der Waals surface area contributed by atoms with Crippen LogP contribution in [0.25, 0.3) is 0 Å². The molecule has 2 amide bonds. The van der Waals surface area contributed by atoms with Gasteiger partial charge in [-0.2, -0.15) is 0 Å². The molecule has 1 rings (SSSR count). The average molecular weight is 356 g/mol. The van der Waals surface area contributed by atoms with Crippen molar-refractivity contribution < 1.29 is 9.59 Å². The Morgan fingerprint density at radius 3 is 2.38 bits per heavy atom. The van der Waals surface area contributed by atoms with Crippen molar-refractivity contribution in [2.45, 2.75) is 19.4 Å². The molecule has 21 heavy (non-hydrogen) atoms.